The van der Waals surface area contributed by atoms with Crippen LogP contribution in [0.15, 0.2) is 79.1 Å². The van der Waals surface area contributed by atoms with Gasteiger partial charge in [-0.05, 0) is 54.4 Å². The monoisotopic (exact) mass is 508 g/mol. The number of aromatic amines is 1. The van der Waals surface area contributed by atoms with Gasteiger partial charge in [-0.15, -0.1) is 0 Å². The van der Waals surface area contributed by atoms with Crippen LogP contribution in [0.4, 0.5) is 14.6 Å². The predicted octanol–water partition coefficient (Wildman–Crippen LogP) is 5.82. The zero-order valence-corrected chi connectivity index (χ0v) is 20.5. The van der Waals surface area contributed by atoms with E-state index >= 15 is 0 Å². The van der Waals surface area contributed by atoms with Gasteiger partial charge in [0.15, 0.2) is 11.6 Å². The second-order valence-corrected chi connectivity index (χ2v) is 9.11. The lowest BCUT2D eigenvalue weighted by atomic mass is 10.0. The molecule has 0 amide bonds. The molecule has 0 aliphatic heterocycles. The van der Waals surface area contributed by atoms with Crippen LogP contribution in [0, 0.1) is 18.6 Å². The van der Waals surface area contributed by atoms with E-state index in [0.717, 1.165) is 33.8 Å². The molecule has 6 aromatic rings. The van der Waals surface area contributed by atoms with Crippen LogP contribution >= 0.6 is 0 Å². The Morgan fingerprint density at radius 1 is 1.00 bits per heavy atom. The van der Waals surface area contributed by atoms with Crippen molar-refractivity contribution < 1.29 is 13.6 Å². The molecule has 0 fully saturated rings. The van der Waals surface area contributed by atoms with E-state index in [0.29, 0.717) is 16.9 Å². The fraction of sp³-hybridized carbons (Fsp3) is 0.0690. The first-order chi connectivity index (χ1) is 18.3. The van der Waals surface area contributed by atoms with E-state index in [-0.39, 0.29) is 22.7 Å². The number of anilines is 1. The number of fused-ring (bicyclic) bond motifs is 1. The lowest BCUT2D eigenvalue weighted by Gasteiger charge is -2.11. The summed E-state index contributed by atoms with van der Waals surface area (Å²) in [4.78, 5) is 16.7. The molecule has 0 unspecified atom stereocenters. The molecule has 3 aromatic carbocycles. The minimum Gasteiger partial charge on any atom is -0.383 e. The Bertz CT molecular complexity index is 1860. The van der Waals surface area contributed by atoms with Crippen LogP contribution in [0.5, 0.6) is 0 Å². The molecule has 0 aliphatic carbocycles. The van der Waals surface area contributed by atoms with Gasteiger partial charge in [0.25, 0.3) is 0 Å². The number of ketones is 1. The predicted molar refractivity (Wildman–Crippen MR) is 142 cm³/mol. The molecule has 3 heterocycles. The number of nitrogens with one attached hydrogen (secondary N) is 1. The van der Waals surface area contributed by atoms with E-state index < -0.39 is 11.6 Å². The fourth-order valence-corrected chi connectivity index (χ4v) is 4.72. The van der Waals surface area contributed by atoms with Gasteiger partial charge in [0, 0.05) is 35.3 Å². The van der Waals surface area contributed by atoms with E-state index in [1.807, 2.05) is 44.4 Å². The first-order valence-corrected chi connectivity index (χ1v) is 11.9. The number of carbonyl (C=O) groups is 1. The number of nitrogens with zero attached hydrogens (tertiary/aromatic N) is 4. The Morgan fingerprint density at radius 3 is 2.55 bits per heavy atom. The number of halogens is 2. The lowest BCUT2D eigenvalue weighted by molar-refractivity contribution is 0.103. The van der Waals surface area contributed by atoms with Gasteiger partial charge in [-0.2, -0.15) is 10.2 Å². The molecule has 0 bridgehead atoms. The molecule has 3 N–H and O–H groups in total. The average molecular weight is 509 g/mol. The first-order valence-electron chi connectivity index (χ1n) is 11.9. The van der Waals surface area contributed by atoms with Crippen LogP contribution in [0.25, 0.3) is 39.0 Å². The zero-order chi connectivity index (χ0) is 26.6. The summed E-state index contributed by atoms with van der Waals surface area (Å²) in [5.74, 6) is -1.94. The van der Waals surface area contributed by atoms with Crippen molar-refractivity contribution in [2.75, 3.05) is 5.73 Å². The van der Waals surface area contributed by atoms with Gasteiger partial charge >= 0.3 is 0 Å². The number of nitrogens with two attached hydrogens (primary N) is 1. The van der Waals surface area contributed by atoms with Gasteiger partial charge < -0.3 is 10.7 Å². The van der Waals surface area contributed by atoms with Gasteiger partial charge in [0.2, 0.25) is 5.78 Å². The van der Waals surface area contributed by atoms with Gasteiger partial charge in [-0.3, -0.25) is 9.48 Å². The van der Waals surface area contributed by atoms with Crippen molar-refractivity contribution in [1.82, 2.24) is 24.5 Å². The topological polar surface area (TPSA) is 94.5 Å². The zero-order valence-electron chi connectivity index (χ0n) is 20.5. The number of hydrogen-bond acceptors (Lipinski definition) is 4. The molecule has 3 aromatic heterocycles. The summed E-state index contributed by atoms with van der Waals surface area (Å²) in [5.41, 5.74) is 11.6. The summed E-state index contributed by atoms with van der Waals surface area (Å²) < 4.78 is 31.2. The SMILES string of the molecule is Cc1cc(-c2cccc(F)c2F)ccc1-n1ncc(C(=O)c2cc3c(-c4ccn(C)n4)cccc3[nH]2)c1N. The Kier molecular flexibility index (Phi) is 5.41. The summed E-state index contributed by atoms with van der Waals surface area (Å²) >= 11 is 0. The van der Waals surface area contributed by atoms with Crippen LogP contribution in [-0.4, -0.2) is 30.3 Å². The van der Waals surface area contributed by atoms with E-state index in [4.69, 9.17) is 5.73 Å². The van der Waals surface area contributed by atoms with Gasteiger partial charge in [0.1, 0.15) is 5.82 Å². The number of nitrogen functional groups attached to an aromatic ring is 1. The number of hydrogen-bond donors (Lipinski definition) is 2. The highest BCUT2D eigenvalue weighted by atomic mass is 19.2. The van der Waals surface area contributed by atoms with Gasteiger partial charge in [0.05, 0.1) is 28.8 Å². The third kappa shape index (κ3) is 3.76. The molecule has 188 valence electrons. The third-order valence-electron chi connectivity index (χ3n) is 6.64. The number of H-pyrrole nitrogens is 1. The number of rotatable bonds is 5. The highest BCUT2D eigenvalue weighted by Crippen LogP contribution is 2.31. The van der Waals surface area contributed by atoms with Gasteiger partial charge in [-0.1, -0.05) is 30.3 Å². The van der Waals surface area contributed by atoms with Crippen molar-refractivity contribution in [1.29, 1.82) is 0 Å². The molecular formula is C29H22F2N6O. The first kappa shape index (κ1) is 23.4. The van der Waals surface area contributed by atoms with Crippen molar-refractivity contribution in [3.05, 3.63) is 108 Å². The fourth-order valence-electron chi connectivity index (χ4n) is 4.72. The van der Waals surface area contributed by atoms with Crippen molar-refractivity contribution in [3.8, 4) is 28.1 Å². The van der Waals surface area contributed by atoms with Crippen LogP contribution in [0.2, 0.25) is 0 Å². The Hall–Kier alpha value is -5.05. The Labute approximate surface area is 216 Å². The molecule has 0 aliphatic rings. The summed E-state index contributed by atoms with van der Waals surface area (Å²) in [5, 5.41) is 9.71. The van der Waals surface area contributed by atoms with Crippen molar-refractivity contribution in [2.24, 2.45) is 7.05 Å². The minimum atomic E-state index is -0.909. The lowest BCUT2D eigenvalue weighted by Crippen LogP contribution is -2.08. The van der Waals surface area contributed by atoms with Crippen LogP contribution in [-0.2, 0) is 7.05 Å². The van der Waals surface area contributed by atoms with Crippen molar-refractivity contribution >= 4 is 22.5 Å². The van der Waals surface area contributed by atoms with Crippen LogP contribution in [0.1, 0.15) is 21.6 Å². The maximum atomic E-state index is 14.3. The number of aromatic nitrogens is 5. The molecule has 0 radical (unpaired) electrons. The molecular weight excluding hydrogens is 486 g/mol. The number of carbonyl (C=O) groups excluding carboxylic acids is 1. The number of benzene rings is 3. The van der Waals surface area contributed by atoms with Crippen molar-refractivity contribution in [3.63, 3.8) is 0 Å². The molecule has 0 saturated carbocycles. The summed E-state index contributed by atoms with van der Waals surface area (Å²) in [7, 11) is 1.85. The third-order valence-corrected chi connectivity index (χ3v) is 6.64. The van der Waals surface area contributed by atoms with E-state index in [2.05, 4.69) is 15.2 Å². The minimum absolute atomic E-state index is 0.160. The van der Waals surface area contributed by atoms with Crippen LogP contribution < -0.4 is 5.73 Å². The second kappa shape index (κ2) is 8.81. The largest absolute Gasteiger partial charge is 0.383 e. The quantitative estimate of drug-likeness (QED) is 0.287. The smallest absolute Gasteiger partial charge is 0.214 e. The molecule has 0 spiro atoms. The molecule has 6 rings (SSSR count). The summed E-state index contributed by atoms with van der Waals surface area (Å²) in [6.07, 6.45) is 3.30. The molecule has 38 heavy (non-hydrogen) atoms. The average Bonchev–Trinajstić information content (AvgIpc) is 3.63. The molecule has 0 atom stereocenters. The maximum absolute atomic E-state index is 14.3. The summed E-state index contributed by atoms with van der Waals surface area (Å²) in [6, 6.07) is 18.7. The maximum Gasteiger partial charge on any atom is 0.214 e. The van der Waals surface area contributed by atoms with Crippen molar-refractivity contribution in [2.45, 2.75) is 6.92 Å². The molecule has 7 nitrogen and oxygen atoms in total. The van der Waals surface area contributed by atoms with E-state index in [1.54, 1.807) is 28.9 Å². The molecule has 9 heteroatoms. The van der Waals surface area contributed by atoms with E-state index in [9.17, 15) is 13.6 Å². The Balaban J connectivity index is 1.35. The van der Waals surface area contributed by atoms with Gasteiger partial charge in [-0.25, -0.2) is 13.5 Å². The highest BCUT2D eigenvalue weighted by molar-refractivity contribution is 6.13. The second-order valence-electron chi connectivity index (χ2n) is 9.11. The molecule has 0 saturated heterocycles. The normalized spacial score (nSPS) is 11.4. The van der Waals surface area contributed by atoms with E-state index in [1.165, 1.54) is 23.0 Å². The Morgan fingerprint density at radius 2 is 1.79 bits per heavy atom. The highest BCUT2D eigenvalue weighted by Gasteiger charge is 2.21. The van der Waals surface area contributed by atoms with Crippen LogP contribution in [0.3, 0.4) is 0 Å². The number of aryl methyl sites for hydroxylation is 2. The standard InChI is InChI=1S/C29H22F2N6O/c1-16-13-17(18-5-3-7-22(30)27(18)31)9-10-26(16)37-29(32)21(15-33-37)28(38)25-14-20-19(6-4-8-23(20)34-25)24-11-12-36(2)35-24/h3-15,34H,32H2,1-2H3. The summed E-state index contributed by atoms with van der Waals surface area (Å²) in [6.45, 7) is 1.81.